The molecule has 0 saturated carbocycles. The molecular weight excluding hydrogens is 316 g/mol. The quantitative estimate of drug-likeness (QED) is 0.780. The van der Waals surface area contributed by atoms with Crippen LogP contribution in [0.4, 0.5) is 0 Å². The SMILES string of the molecule is Cc1c(S(=O)(=O)c2ccc(=O)[nH]n2)oc2cccc(Cl)c12. The molecule has 0 aliphatic carbocycles. The predicted molar refractivity (Wildman–Crippen MR) is 76.3 cm³/mol. The van der Waals surface area contributed by atoms with E-state index >= 15 is 0 Å². The molecule has 8 heteroatoms. The van der Waals surface area contributed by atoms with Crippen molar-refractivity contribution in [3.8, 4) is 0 Å². The van der Waals surface area contributed by atoms with Gasteiger partial charge in [-0.1, -0.05) is 17.7 Å². The van der Waals surface area contributed by atoms with Gasteiger partial charge < -0.3 is 4.42 Å². The van der Waals surface area contributed by atoms with Crippen molar-refractivity contribution >= 4 is 32.4 Å². The summed E-state index contributed by atoms with van der Waals surface area (Å²) in [5.41, 5.74) is 0.296. The first-order chi connectivity index (χ1) is 9.91. The minimum Gasteiger partial charge on any atom is -0.444 e. The molecule has 3 rings (SSSR count). The number of hydrogen-bond acceptors (Lipinski definition) is 5. The van der Waals surface area contributed by atoms with Crippen LogP contribution in [0.25, 0.3) is 11.0 Å². The van der Waals surface area contributed by atoms with E-state index in [0.717, 1.165) is 12.1 Å². The molecule has 2 heterocycles. The fourth-order valence-electron chi connectivity index (χ4n) is 2.06. The van der Waals surface area contributed by atoms with Gasteiger partial charge in [0.2, 0.25) is 5.09 Å². The molecule has 0 radical (unpaired) electrons. The Balaban J connectivity index is 2.29. The van der Waals surface area contributed by atoms with E-state index in [1.54, 1.807) is 25.1 Å². The first-order valence-corrected chi connectivity index (χ1v) is 7.76. The lowest BCUT2D eigenvalue weighted by Gasteiger charge is -2.00. The van der Waals surface area contributed by atoms with E-state index in [-0.39, 0.29) is 10.1 Å². The highest BCUT2D eigenvalue weighted by molar-refractivity contribution is 7.91. The number of sulfone groups is 1. The number of fused-ring (bicyclic) bond motifs is 1. The van der Waals surface area contributed by atoms with Crippen molar-refractivity contribution in [2.24, 2.45) is 0 Å². The molecule has 3 aromatic rings. The molecule has 1 N–H and O–H groups in total. The average Bonchev–Trinajstić information content (AvgIpc) is 2.79. The van der Waals surface area contributed by atoms with Crippen molar-refractivity contribution < 1.29 is 12.8 Å². The number of hydrogen-bond donors (Lipinski definition) is 1. The lowest BCUT2D eigenvalue weighted by molar-refractivity contribution is 0.475. The molecule has 0 atom stereocenters. The maximum Gasteiger partial charge on any atom is 0.264 e. The molecule has 2 aromatic heterocycles. The smallest absolute Gasteiger partial charge is 0.264 e. The molecule has 6 nitrogen and oxygen atoms in total. The topological polar surface area (TPSA) is 93.0 Å². The van der Waals surface area contributed by atoms with Crippen LogP contribution < -0.4 is 5.56 Å². The Morgan fingerprint density at radius 1 is 1.24 bits per heavy atom. The van der Waals surface area contributed by atoms with Gasteiger partial charge in [-0.05, 0) is 25.1 Å². The van der Waals surface area contributed by atoms with E-state index < -0.39 is 15.4 Å². The molecule has 0 saturated heterocycles. The molecule has 21 heavy (non-hydrogen) atoms. The zero-order valence-corrected chi connectivity index (χ0v) is 12.3. The standard InChI is InChI=1S/C13H9ClN2O4S/c1-7-12-8(14)3-2-4-9(12)20-13(7)21(18,19)11-6-5-10(17)15-16-11/h2-6H,1H3,(H,15,17). The fourth-order valence-corrected chi connectivity index (χ4v) is 3.68. The van der Waals surface area contributed by atoms with E-state index in [0.29, 0.717) is 21.6 Å². The van der Waals surface area contributed by atoms with E-state index in [1.807, 2.05) is 0 Å². The number of rotatable bonds is 2. The zero-order valence-electron chi connectivity index (χ0n) is 10.8. The second kappa shape index (κ2) is 4.71. The summed E-state index contributed by atoms with van der Waals surface area (Å²) in [7, 11) is -3.97. The Kier molecular flexibility index (Phi) is 3.11. The summed E-state index contributed by atoms with van der Waals surface area (Å²) in [6.45, 7) is 1.61. The van der Waals surface area contributed by atoms with Gasteiger partial charge in [0, 0.05) is 17.0 Å². The second-order valence-corrected chi connectivity index (χ2v) is 6.59. The molecule has 0 amide bonds. The van der Waals surface area contributed by atoms with Crippen LogP contribution in [0.1, 0.15) is 5.56 Å². The lowest BCUT2D eigenvalue weighted by Crippen LogP contribution is -2.12. The maximum absolute atomic E-state index is 12.5. The molecule has 108 valence electrons. The van der Waals surface area contributed by atoms with Gasteiger partial charge in [-0.15, -0.1) is 0 Å². The Hall–Kier alpha value is -2.12. The monoisotopic (exact) mass is 324 g/mol. The van der Waals surface area contributed by atoms with Crippen molar-refractivity contribution in [2.45, 2.75) is 17.0 Å². The van der Waals surface area contributed by atoms with Crippen LogP contribution in [-0.2, 0) is 9.84 Å². The largest absolute Gasteiger partial charge is 0.444 e. The molecule has 0 bridgehead atoms. The van der Waals surface area contributed by atoms with E-state index in [1.165, 1.54) is 0 Å². The summed E-state index contributed by atoms with van der Waals surface area (Å²) in [6, 6.07) is 7.17. The lowest BCUT2D eigenvalue weighted by atomic mass is 10.2. The van der Waals surface area contributed by atoms with Crippen LogP contribution in [0.2, 0.25) is 5.02 Å². The Labute approximate surface area is 124 Å². The summed E-state index contributed by atoms with van der Waals surface area (Å²) >= 11 is 6.07. The summed E-state index contributed by atoms with van der Waals surface area (Å²) in [5.74, 6) is 0. The van der Waals surface area contributed by atoms with Crippen LogP contribution in [0.3, 0.4) is 0 Å². The number of H-pyrrole nitrogens is 1. The zero-order chi connectivity index (χ0) is 15.2. The first-order valence-electron chi connectivity index (χ1n) is 5.89. The van der Waals surface area contributed by atoms with Gasteiger partial charge in [0.15, 0.2) is 5.03 Å². The highest BCUT2D eigenvalue weighted by atomic mass is 35.5. The predicted octanol–water partition coefficient (Wildman–Crippen LogP) is 2.31. The number of aryl methyl sites for hydroxylation is 1. The van der Waals surface area contributed by atoms with E-state index in [9.17, 15) is 13.2 Å². The van der Waals surface area contributed by atoms with Crippen molar-refractivity contribution in [3.05, 3.63) is 51.3 Å². The minimum atomic E-state index is -3.97. The third-order valence-electron chi connectivity index (χ3n) is 3.03. The van der Waals surface area contributed by atoms with Gasteiger partial charge in [-0.2, -0.15) is 5.10 Å². The number of aromatic nitrogens is 2. The van der Waals surface area contributed by atoms with Gasteiger partial charge in [0.25, 0.3) is 15.4 Å². The molecule has 0 fully saturated rings. The van der Waals surface area contributed by atoms with E-state index in [2.05, 4.69) is 10.2 Å². The number of halogens is 1. The normalized spacial score (nSPS) is 11.9. The second-order valence-electron chi connectivity index (χ2n) is 4.39. The van der Waals surface area contributed by atoms with Gasteiger partial charge >= 0.3 is 0 Å². The minimum absolute atomic E-state index is 0.231. The fraction of sp³-hybridized carbons (Fsp3) is 0.0769. The first kappa shape index (κ1) is 13.8. The molecule has 0 aliphatic heterocycles. The summed E-state index contributed by atoms with van der Waals surface area (Å²) in [5, 5.41) is 6.06. The van der Waals surface area contributed by atoms with Crippen molar-refractivity contribution in [3.63, 3.8) is 0 Å². The molecule has 1 aromatic carbocycles. The van der Waals surface area contributed by atoms with Crippen molar-refractivity contribution in [1.29, 1.82) is 0 Å². The van der Waals surface area contributed by atoms with Gasteiger partial charge in [-0.3, -0.25) is 4.79 Å². The Morgan fingerprint density at radius 2 is 2.00 bits per heavy atom. The van der Waals surface area contributed by atoms with Crippen LogP contribution in [0.15, 0.2) is 49.7 Å². The average molecular weight is 325 g/mol. The number of nitrogens with one attached hydrogen (secondary N) is 1. The highest BCUT2D eigenvalue weighted by Crippen LogP contribution is 2.35. The highest BCUT2D eigenvalue weighted by Gasteiger charge is 2.28. The Morgan fingerprint density at radius 3 is 2.62 bits per heavy atom. The number of furan rings is 1. The van der Waals surface area contributed by atoms with Gasteiger partial charge in [-0.25, -0.2) is 13.5 Å². The summed E-state index contributed by atoms with van der Waals surface area (Å²) in [4.78, 5) is 11.0. The maximum atomic E-state index is 12.5. The van der Waals surface area contributed by atoms with Gasteiger partial charge in [0.05, 0.1) is 5.02 Å². The molecule has 0 spiro atoms. The van der Waals surface area contributed by atoms with Crippen LogP contribution in [0.5, 0.6) is 0 Å². The Bertz CT molecular complexity index is 984. The molecular formula is C13H9ClN2O4S. The van der Waals surface area contributed by atoms with Crippen LogP contribution >= 0.6 is 11.6 Å². The molecule has 0 aliphatic rings. The van der Waals surface area contributed by atoms with E-state index in [4.69, 9.17) is 16.0 Å². The number of aromatic amines is 1. The molecule has 0 unspecified atom stereocenters. The van der Waals surface area contributed by atoms with Crippen LogP contribution in [-0.4, -0.2) is 18.6 Å². The number of benzene rings is 1. The third kappa shape index (κ3) is 2.14. The third-order valence-corrected chi connectivity index (χ3v) is 5.00. The number of nitrogens with zero attached hydrogens (tertiary/aromatic N) is 1. The van der Waals surface area contributed by atoms with Crippen molar-refractivity contribution in [2.75, 3.05) is 0 Å². The summed E-state index contributed by atoms with van der Waals surface area (Å²) in [6.07, 6.45) is 0. The van der Waals surface area contributed by atoms with Crippen LogP contribution in [0, 0.1) is 6.92 Å². The summed E-state index contributed by atoms with van der Waals surface area (Å²) < 4.78 is 30.5. The van der Waals surface area contributed by atoms with Crippen molar-refractivity contribution in [1.82, 2.24) is 10.2 Å². The van der Waals surface area contributed by atoms with Gasteiger partial charge in [0.1, 0.15) is 5.58 Å².